The SMILES string of the molecule is COc1c(O[C@@H]2O[C@H](CO)[C@@H](O)[C@H](O)[C@H]2O)cc2oc(-c3ccc(O)cc3)c(O)c(=O)c2c1O. The first-order chi connectivity index (χ1) is 16.2. The first-order valence-corrected chi connectivity index (χ1v) is 10.0. The van der Waals surface area contributed by atoms with Gasteiger partial charge in [0.15, 0.2) is 17.3 Å². The van der Waals surface area contributed by atoms with Gasteiger partial charge in [-0.2, -0.15) is 0 Å². The van der Waals surface area contributed by atoms with Crippen LogP contribution in [0.3, 0.4) is 0 Å². The summed E-state index contributed by atoms with van der Waals surface area (Å²) in [6, 6.07) is 6.57. The number of rotatable bonds is 5. The minimum atomic E-state index is -1.75. The molecule has 2 aromatic carbocycles. The minimum Gasteiger partial charge on any atom is -0.508 e. The summed E-state index contributed by atoms with van der Waals surface area (Å²) in [6.07, 6.45) is -7.94. The van der Waals surface area contributed by atoms with Crippen molar-refractivity contribution < 1.29 is 54.4 Å². The molecule has 1 saturated heterocycles. The van der Waals surface area contributed by atoms with Crippen molar-refractivity contribution in [3.63, 3.8) is 0 Å². The summed E-state index contributed by atoms with van der Waals surface area (Å²) < 4.78 is 21.6. The summed E-state index contributed by atoms with van der Waals surface area (Å²) in [4.78, 5) is 12.8. The third-order valence-corrected chi connectivity index (χ3v) is 5.48. The minimum absolute atomic E-state index is 0.0519. The third kappa shape index (κ3) is 3.87. The fraction of sp³-hybridized carbons (Fsp3) is 0.318. The lowest BCUT2D eigenvalue weighted by molar-refractivity contribution is -0.277. The van der Waals surface area contributed by atoms with Gasteiger partial charge in [-0.25, -0.2) is 0 Å². The number of benzene rings is 2. The second kappa shape index (κ2) is 9.00. The molecule has 1 fully saturated rings. The Labute approximate surface area is 191 Å². The molecule has 4 rings (SSSR count). The number of phenols is 2. The number of methoxy groups -OCH3 is 1. The largest absolute Gasteiger partial charge is 0.508 e. The van der Waals surface area contributed by atoms with Crippen LogP contribution in [0.2, 0.25) is 0 Å². The molecule has 182 valence electrons. The van der Waals surface area contributed by atoms with E-state index in [1.807, 2.05) is 0 Å². The lowest BCUT2D eigenvalue weighted by Crippen LogP contribution is -2.60. The van der Waals surface area contributed by atoms with Crippen LogP contribution in [-0.2, 0) is 4.74 Å². The van der Waals surface area contributed by atoms with E-state index in [1.165, 1.54) is 24.3 Å². The van der Waals surface area contributed by atoms with Crippen molar-refractivity contribution in [3.8, 4) is 40.1 Å². The summed E-state index contributed by atoms with van der Waals surface area (Å²) in [5, 5.41) is 69.7. The van der Waals surface area contributed by atoms with Crippen molar-refractivity contribution in [2.24, 2.45) is 0 Å². The molecule has 0 amide bonds. The molecule has 12 heteroatoms. The topological polar surface area (TPSA) is 200 Å². The van der Waals surface area contributed by atoms with Gasteiger partial charge < -0.3 is 54.4 Å². The standard InChI is InChI=1S/C22H22O12/c1-31-21-11(33-22-19(30)17(28)14(25)12(7-23)34-22)6-10-13(16(21)27)15(26)18(29)20(32-10)8-2-4-9(24)5-3-8/h2-6,12,14,17,19,22-25,27-30H,7H2,1H3/t12-,14-,17+,19-,22-/m1/s1. The van der Waals surface area contributed by atoms with Crippen molar-refractivity contribution in [3.05, 3.63) is 40.6 Å². The highest BCUT2D eigenvalue weighted by molar-refractivity contribution is 5.91. The second-order valence-corrected chi connectivity index (χ2v) is 7.60. The maximum atomic E-state index is 12.8. The molecular formula is C22H22O12. The van der Waals surface area contributed by atoms with Gasteiger partial charge in [0.2, 0.25) is 23.2 Å². The van der Waals surface area contributed by atoms with E-state index < -0.39 is 59.6 Å². The van der Waals surface area contributed by atoms with Crippen LogP contribution >= 0.6 is 0 Å². The lowest BCUT2D eigenvalue weighted by Gasteiger charge is -2.39. The predicted molar refractivity (Wildman–Crippen MR) is 114 cm³/mol. The number of aromatic hydroxyl groups is 3. The van der Waals surface area contributed by atoms with E-state index in [9.17, 15) is 40.5 Å². The van der Waals surface area contributed by atoms with Gasteiger partial charge in [0.1, 0.15) is 41.1 Å². The van der Waals surface area contributed by atoms with Crippen LogP contribution in [0.5, 0.6) is 28.7 Å². The van der Waals surface area contributed by atoms with E-state index >= 15 is 0 Å². The normalized spacial score (nSPS) is 24.8. The van der Waals surface area contributed by atoms with Crippen molar-refractivity contribution in [1.29, 1.82) is 0 Å². The molecule has 1 aliphatic rings. The van der Waals surface area contributed by atoms with Crippen molar-refractivity contribution in [1.82, 2.24) is 0 Å². The molecule has 1 aliphatic heterocycles. The van der Waals surface area contributed by atoms with Crippen LogP contribution in [-0.4, -0.2) is 80.2 Å². The zero-order valence-corrected chi connectivity index (χ0v) is 17.7. The fourth-order valence-corrected chi connectivity index (χ4v) is 3.67. The van der Waals surface area contributed by atoms with Crippen molar-refractivity contribution in [2.45, 2.75) is 30.7 Å². The number of aliphatic hydroxyl groups is 4. The van der Waals surface area contributed by atoms with Crippen LogP contribution < -0.4 is 14.9 Å². The van der Waals surface area contributed by atoms with Crippen LogP contribution in [0.1, 0.15) is 0 Å². The number of hydrogen-bond donors (Lipinski definition) is 7. The van der Waals surface area contributed by atoms with E-state index in [-0.39, 0.29) is 34.2 Å². The predicted octanol–water partition coefficient (Wildman–Crippen LogP) is -0.236. The van der Waals surface area contributed by atoms with E-state index in [0.29, 0.717) is 0 Å². The number of aliphatic hydroxyl groups excluding tert-OH is 4. The summed E-state index contributed by atoms with van der Waals surface area (Å²) in [5.74, 6) is -2.47. The maximum absolute atomic E-state index is 12.8. The molecule has 0 bridgehead atoms. The highest BCUT2D eigenvalue weighted by Gasteiger charge is 2.45. The van der Waals surface area contributed by atoms with Crippen LogP contribution in [0.25, 0.3) is 22.3 Å². The van der Waals surface area contributed by atoms with Crippen molar-refractivity contribution >= 4 is 11.0 Å². The first kappa shape index (κ1) is 23.6. The molecule has 12 nitrogen and oxygen atoms in total. The summed E-state index contributed by atoms with van der Waals surface area (Å²) >= 11 is 0. The molecule has 1 aromatic heterocycles. The number of fused-ring (bicyclic) bond motifs is 1. The van der Waals surface area contributed by atoms with Gasteiger partial charge >= 0.3 is 0 Å². The summed E-state index contributed by atoms with van der Waals surface area (Å²) in [7, 11) is 1.16. The van der Waals surface area contributed by atoms with Gasteiger partial charge in [0.25, 0.3) is 0 Å². The highest BCUT2D eigenvalue weighted by atomic mass is 16.7. The Balaban J connectivity index is 1.83. The van der Waals surface area contributed by atoms with Crippen LogP contribution in [0, 0.1) is 0 Å². The molecule has 0 radical (unpaired) electrons. The lowest BCUT2D eigenvalue weighted by atomic mass is 9.99. The Kier molecular flexibility index (Phi) is 6.25. The molecule has 5 atom stereocenters. The second-order valence-electron chi connectivity index (χ2n) is 7.60. The van der Waals surface area contributed by atoms with Gasteiger partial charge in [-0.3, -0.25) is 4.79 Å². The zero-order chi connectivity index (χ0) is 24.7. The van der Waals surface area contributed by atoms with Crippen LogP contribution in [0.4, 0.5) is 0 Å². The van der Waals surface area contributed by atoms with Crippen molar-refractivity contribution in [2.75, 3.05) is 13.7 Å². The van der Waals surface area contributed by atoms with Gasteiger partial charge in [-0.15, -0.1) is 0 Å². The Hall–Kier alpha value is -3.55. The molecule has 0 spiro atoms. The van der Waals surface area contributed by atoms with E-state index in [1.54, 1.807) is 0 Å². The van der Waals surface area contributed by atoms with E-state index in [2.05, 4.69) is 0 Å². The Morgan fingerprint density at radius 3 is 2.26 bits per heavy atom. The summed E-state index contributed by atoms with van der Waals surface area (Å²) in [6.45, 7) is -0.685. The average Bonchev–Trinajstić information content (AvgIpc) is 2.82. The smallest absolute Gasteiger partial charge is 0.238 e. The number of hydrogen-bond acceptors (Lipinski definition) is 12. The Bertz CT molecular complexity index is 1250. The highest BCUT2D eigenvalue weighted by Crippen LogP contribution is 2.44. The molecule has 0 unspecified atom stereocenters. The monoisotopic (exact) mass is 478 g/mol. The van der Waals surface area contributed by atoms with Gasteiger partial charge in [0.05, 0.1) is 13.7 Å². The number of ether oxygens (including phenoxy) is 3. The fourth-order valence-electron chi connectivity index (χ4n) is 3.67. The molecule has 0 saturated carbocycles. The molecule has 2 heterocycles. The van der Waals surface area contributed by atoms with Crippen LogP contribution in [0.15, 0.2) is 39.5 Å². The maximum Gasteiger partial charge on any atom is 0.238 e. The third-order valence-electron chi connectivity index (χ3n) is 5.48. The molecule has 34 heavy (non-hydrogen) atoms. The molecule has 3 aromatic rings. The van der Waals surface area contributed by atoms with Gasteiger partial charge in [0, 0.05) is 11.6 Å². The zero-order valence-electron chi connectivity index (χ0n) is 17.7. The van der Waals surface area contributed by atoms with Gasteiger partial charge in [-0.05, 0) is 24.3 Å². The quantitative estimate of drug-likeness (QED) is 0.254. The number of phenolic OH excluding ortho intramolecular Hbond substituents is 2. The van der Waals surface area contributed by atoms with E-state index in [4.69, 9.17) is 18.6 Å². The molecule has 7 N–H and O–H groups in total. The average molecular weight is 478 g/mol. The Morgan fingerprint density at radius 1 is 0.971 bits per heavy atom. The van der Waals surface area contributed by atoms with Gasteiger partial charge in [-0.1, -0.05) is 0 Å². The van der Waals surface area contributed by atoms with E-state index in [0.717, 1.165) is 13.2 Å². The molecule has 0 aliphatic carbocycles. The summed E-state index contributed by atoms with van der Waals surface area (Å²) in [5.41, 5.74) is -0.954. The Morgan fingerprint density at radius 2 is 1.65 bits per heavy atom. The first-order valence-electron chi connectivity index (χ1n) is 10.0. The molecular weight excluding hydrogens is 456 g/mol.